The van der Waals surface area contributed by atoms with Crippen LogP contribution < -0.4 is 20.1 Å². The van der Waals surface area contributed by atoms with Gasteiger partial charge in [0.25, 0.3) is 5.91 Å². The average molecular weight is 392 g/mol. The third-order valence-electron chi connectivity index (χ3n) is 4.00. The second-order valence-corrected chi connectivity index (χ2v) is 6.51. The normalized spacial score (nSPS) is 10.5. The van der Waals surface area contributed by atoms with Crippen LogP contribution in [0.2, 0.25) is 5.02 Å². The Balaban J connectivity index is 1.89. The summed E-state index contributed by atoms with van der Waals surface area (Å²) in [6, 6.07) is 13.6. The van der Waals surface area contributed by atoms with Crippen molar-refractivity contribution in [2.75, 3.05) is 26.3 Å². The molecule has 0 heterocycles. The van der Waals surface area contributed by atoms with Crippen molar-refractivity contribution in [2.24, 2.45) is 0 Å². The van der Waals surface area contributed by atoms with Crippen molar-refractivity contribution in [1.29, 1.82) is 0 Å². The van der Waals surface area contributed by atoms with Crippen molar-refractivity contribution in [2.45, 2.75) is 26.8 Å². The second kappa shape index (κ2) is 11.5. The first-order valence-electron chi connectivity index (χ1n) is 9.34. The fraction of sp³-hybridized carbons (Fsp3) is 0.381. The maximum atomic E-state index is 12.1. The monoisotopic (exact) mass is 391 g/mol. The van der Waals surface area contributed by atoms with Crippen LogP contribution >= 0.6 is 11.6 Å². The molecule has 0 unspecified atom stereocenters. The van der Waals surface area contributed by atoms with Crippen LogP contribution in [0, 0.1) is 0 Å². The zero-order valence-corrected chi connectivity index (χ0v) is 16.7. The van der Waals surface area contributed by atoms with E-state index in [1.54, 1.807) is 6.07 Å². The number of nitrogens with one attached hydrogen (secondary N) is 1. The highest BCUT2D eigenvalue weighted by molar-refractivity contribution is 6.31. The number of carbonyl (C=O) groups excluding carboxylic acids is 1. The molecular formula is C21H28ClN2O3+. The third kappa shape index (κ3) is 7.12. The Morgan fingerprint density at radius 2 is 1.85 bits per heavy atom. The van der Waals surface area contributed by atoms with Gasteiger partial charge in [-0.2, -0.15) is 0 Å². The van der Waals surface area contributed by atoms with E-state index in [-0.39, 0.29) is 12.5 Å². The van der Waals surface area contributed by atoms with E-state index in [1.165, 1.54) is 5.56 Å². The van der Waals surface area contributed by atoms with Crippen molar-refractivity contribution in [3.05, 3.63) is 58.6 Å². The van der Waals surface area contributed by atoms with E-state index in [0.717, 1.165) is 25.1 Å². The summed E-state index contributed by atoms with van der Waals surface area (Å²) in [6.07, 6.45) is 0.783. The molecule has 0 saturated carbocycles. The predicted molar refractivity (Wildman–Crippen MR) is 107 cm³/mol. The third-order valence-corrected chi connectivity index (χ3v) is 4.35. The Kier molecular flexibility index (Phi) is 8.95. The molecule has 2 aromatic carbocycles. The quantitative estimate of drug-likeness (QED) is 0.618. The lowest BCUT2D eigenvalue weighted by Crippen LogP contribution is -2.81. The van der Waals surface area contributed by atoms with Gasteiger partial charge in [0.2, 0.25) is 0 Å². The van der Waals surface area contributed by atoms with Gasteiger partial charge in [-0.1, -0.05) is 41.9 Å². The average Bonchev–Trinajstić information content (AvgIpc) is 2.68. The van der Waals surface area contributed by atoms with E-state index < -0.39 is 0 Å². The van der Waals surface area contributed by atoms with Gasteiger partial charge in [-0.3, -0.25) is 4.79 Å². The fourth-order valence-corrected chi connectivity index (χ4v) is 2.83. The SMILES string of the molecule is CC[NH2+]Cc1cc(OCC)c(OCC(=O)NCCc2ccccc2)cc1Cl. The smallest absolute Gasteiger partial charge is 0.257 e. The Morgan fingerprint density at radius 1 is 1.11 bits per heavy atom. The predicted octanol–water partition coefficient (Wildman–Crippen LogP) is 2.56. The molecule has 5 nitrogen and oxygen atoms in total. The van der Waals surface area contributed by atoms with Crippen LogP contribution in [0.4, 0.5) is 0 Å². The highest BCUT2D eigenvalue weighted by Crippen LogP contribution is 2.33. The lowest BCUT2D eigenvalue weighted by molar-refractivity contribution is -0.667. The van der Waals surface area contributed by atoms with Crippen LogP contribution in [-0.4, -0.2) is 32.2 Å². The van der Waals surface area contributed by atoms with E-state index in [1.807, 2.05) is 43.3 Å². The molecule has 0 aliphatic carbocycles. The number of carbonyl (C=O) groups is 1. The largest absolute Gasteiger partial charge is 0.490 e. The van der Waals surface area contributed by atoms with Gasteiger partial charge in [-0.05, 0) is 31.9 Å². The highest BCUT2D eigenvalue weighted by Gasteiger charge is 2.13. The van der Waals surface area contributed by atoms with Crippen LogP contribution in [0.5, 0.6) is 11.5 Å². The molecule has 0 radical (unpaired) electrons. The van der Waals surface area contributed by atoms with Crippen LogP contribution in [0.15, 0.2) is 42.5 Å². The van der Waals surface area contributed by atoms with Gasteiger partial charge in [0.05, 0.1) is 18.2 Å². The molecule has 2 rings (SSSR count). The molecule has 0 atom stereocenters. The molecule has 27 heavy (non-hydrogen) atoms. The number of hydrogen-bond donors (Lipinski definition) is 2. The summed E-state index contributed by atoms with van der Waals surface area (Å²) >= 11 is 6.35. The van der Waals surface area contributed by atoms with Crippen molar-refractivity contribution in [3.63, 3.8) is 0 Å². The van der Waals surface area contributed by atoms with Gasteiger partial charge in [0.1, 0.15) is 6.54 Å². The minimum absolute atomic E-state index is 0.0778. The number of hydrogen-bond acceptors (Lipinski definition) is 3. The standard InChI is InChI=1S/C21H27ClN2O3/c1-3-23-14-17-12-19(26-4-2)20(13-18(17)22)27-15-21(25)24-11-10-16-8-6-5-7-9-16/h5-9,12-13,23H,3-4,10-11,14-15H2,1-2H3,(H,24,25)/p+1. The summed E-state index contributed by atoms with van der Waals surface area (Å²) in [5.41, 5.74) is 2.17. The summed E-state index contributed by atoms with van der Waals surface area (Å²) < 4.78 is 11.3. The molecule has 0 fully saturated rings. The van der Waals surface area contributed by atoms with E-state index in [9.17, 15) is 4.79 Å². The molecule has 0 spiro atoms. The van der Waals surface area contributed by atoms with Gasteiger partial charge in [-0.15, -0.1) is 0 Å². The summed E-state index contributed by atoms with van der Waals surface area (Å²) in [4.78, 5) is 12.1. The van der Waals surface area contributed by atoms with Gasteiger partial charge < -0.3 is 20.1 Å². The highest BCUT2D eigenvalue weighted by atomic mass is 35.5. The van der Waals surface area contributed by atoms with Gasteiger partial charge in [-0.25, -0.2) is 0 Å². The molecule has 2 aromatic rings. The molecule has 146 valence electrons. The van der Waals surface area contributed by atoms with Crippen molar-refractivity contribution < 1.29 is 19.6 Å². The Labute approximate surface area is 166 Å². The van der Waals surface area contributed by atoms with E-state index in [0.29, 0.717) is 29.7 Å². The summed E-state index contributed by atoms with van der Waals surface area (Å²) in [6.45, 7) is 6.75. The fourth-order valence-electron chi connectivity index (χ4n) is 2.60. The first-order valence-corrected chi connectivity index (χ1v) is 9.72. The molecular weight excluding hydrogens is 364 g/mol. The van der Waals surface area contributed by atoms with Crippen LogP contribution in [0.25, 0.3) is 0 Å². The van der Waals surface area contributed by atoms with Gasteiger partial charge in [0.15, 0.2) is 18.1 Å². The molecule has 3 N–H and O–H groups in total. The molecule has 6 heteroatoms. The maximum Gasteiger partial charge on any atom is 0.257 e. The number of nitrogens with two attached hydrogens (primary N) is 1. The lowest BCUT2D eigenvalue weighted by atomic mass is 10.1. The van der Waals surface area contributed by atoms with Crippen molar-refractivity contribution in [3.8, 4) is 11.5 Å². The molecule has 0 aromatic heterocycles. The Bertz CT molecular complexity index is 723. The van der Waals surface area contributed by atoms with Crippen LogP contribution in [0.3, 0.4) is 0 Å². The molecule has 0 aliphatic rings. The van der Waals surface area contributed by atoms with Crippen LogP contribution in [0.1, 0.15) is 25.0 Å². The van der Waals surface area contributed by atoms with E-state index in [2.05, 4.69) is 17.6 Å². The zero-order chi connectivity index (χ0) is 19.5. The number of amides is 1. The molecule has 0 bridgehead atoms. The summed E-state index contributed by atoms with van der Waals surface area (Å²) in [5.74, 6) is 0.923. The number of rotatable bonds is 11. The maximum absolute atomic E-state index is 12.1. The minimum Gasteiger partial charge on any atom is -0.490 e. The number of halogens is 1. The number of benzene rings is 2. The Morgan fingerprint density at radius 3 is 2.56 bits per heavy atom. The first kappa shape index (κ1) is 21.1. The molecule has 1 amide bonds. The molecule has 0 saturated heterocycles. The first-order chi connectivity index (χ1) is 13.1. The van der Waals surface area contributed by atoms with Crippen molar-refractivity contribution in [1.82, 2.24) is 5.32 Å². The van der Waals surface area contributed by atoms with Gasteiger partial charge >= 0.3 is 0 Å². The van der Waals surface area contributed by atoms with E-state index in [4.69, 9.17) is 21.1 Å². The second-order valence-electron chi connectivity index (χ2n) is 6.10. The number of quaternary nitrogens is 1. The summed E-state index contributed by atoms with van der Waals surface area (Å²) in [5, 5.41) is 5.63. The zero-order valence-electron chi connectivity index (χ0n) is 16.0. The molecule has 0 aliphatic heterocycles. The summed E-state index contributed by atoms with van der Waals surface area (Å²) in [7, 11) is 0. The Hall–Kier alpha value is -2.24. The lowest BCUT2D eigenvalue weighted by Gasteiger charge is -2.14. The topological polar surface area (TPSA) is 64.2 Å². The van der Waals surface area contributed by atoms with Crippen LogP contribution in [-0.2, 0) is 17.8 Å². The van der Waals surface area contributed by atoms with E-state index >= 15 is 0 Å². The van der Waals surface area contributed by atoms with Gasteiger partial charge in [0, 0.05) is 18.2 Å². The van der Waals surface area contributed by atoms with Crippen molar-refractivity contribution >= 4 is 17.5 Å². The minimum atomic E-state index is -0.173. The number of ether oxygens (including phenoxy) is 2.